The Morgan fingerprint density at radius 3 is 2.78 bits per heavy atom. The molecular formula is C26H29ClF2N4O3. The molecule has 1 amide bonds. The quantitative estimate of drug-likeness (QED) is 0.400. The van der Waals surface area contributed by atoms with Gasteiger partial charge in [-0.3, -0.25) is 4.79 Å². The Labute approximate surface area is 213 Å². The van der Waals surface area contributed by atoms with Gasteiger partial charge in [-0.1, -0.05) is 17.7 Å². The van der Waals surface area contributed by atoms with E-state index in [4.69, 9.17) is 26.5 Å². The van der Waals surface area contributed by atoms with Crippen molar-refractivity contribution >= 4 is 39.9 Å². The number of anilines is 1. The van der Waals surface area contributed by atoms with E-state index < -0.39 is 17.7 Å². The van der Waals surface area contributed by atoms with E-state index in [0.29, 0.717) is 36.9 Å². The summed E-state index contributed by atoms with van der Waals surface area (Å²) in [6, 6.07) is 1.95. The van der Waals surface area contributed by atoms with E-state index in [1.165, 1.54) is 0 Å². The SMILES string of the molecule is C[C@@H](Oc1c(N)ncc2c(C3=CCN(C(=O)CCCN(C)C)CC3)coc12)c1c(F)ccc(F)c1Cl. The lowest BCUT2D eigenvalue weighted by Crippen LogP contribution is -2.34. The second kappa shape index (κ2) is 10.8. The number of pyridine rings is 1. The number of nitrogen functional groups attached to an aromatic ring is 1. The van der Waals surface area contributed by atoms with Crippen molar-refractivity contribution in [3.8, 4) is 5.75 Å². The van der Waals surface area contributed by atoms with Gasteiger partial charge in [0.05, 0.1) is 16.7 Å². The maximum Gasteiger partial charge on any atom is 0.222 e. The number of rotatable bonds is 8. The van der Waals surface area contributed by atoms with Gasteiger partial charge in [0.15, 0.2) is 11.4 Å². The summed E-state index contributed by atoms with van der Waals surface area (Å²) in [6.45, 7) is 3.54. The van der Waals surface area contributed by atoms with Gasteiger partial charge in [0.25, 0.3) is 0 Å². The molecule has 0 saturated heterocycles. The molecular weight excluding hydrogens is 490 g/mol. The third kappa shape index (κ3) is 5.32. The molecule has 0 saturated carbocycles. The van der Waals surface area contributed by atoms with E-state index in [-0.39, 0.29) is 28.1 Å². The minimum absolute atomic E-state index is 0.0512. The van der Waals surface area contributed by atoms with E-state index in [2.05, 4.69) is 9.88 Å². The fourth-order valence-electron chi connectivity index (χ4n) is 4.34. The van der Waals surface area contributed by atoms with E-state index in [9.17, 15) is 13.6 Å². The maximum atomic E-state index is 14.4. The van der Waals surface area contributed by atoms with Gasteiger partial charge in [-0.2, -0.15) is 0 Å². The summed E-state index contributed by atoms with van der Waals surface area (Å²) in [4.78, 5) is 20.7. The fourth-order valence-corrected chi connectivity index (χ4v) is 4.65. The van der Waals surface area contributed by atoms with Crippen LogP contribution in [0.1, 0.15) is 43.4 Å². The number of nitrogens with two attached hydrogens (primary N) is 1. The Balaban J connectivity index is 1.55. The van der Waals surface area contributed by atoms with Crippen LogP contribution in [-0.4, -0.2) is 54.4 Å². The number of hydrogen-bond acceptors (Lipinski definition) is 6. The molecule has 0 unspecified atom stereocenters. The van der Waals surface area contributed by atoms with Gasteiger partial charge in [0.2, 0.25) is 11.7 Å². The van der Waals surface area contributed by atoms with Crippen LogP contribution in [0.4, 0.5) is 14.6 Å². The van der Waals surface area contributed by atoms with Gasteiger partial charge in [-0.15, -0.1) is 0 Å². The number of fused-ring (bicyclic) bond motifs is 1. The minimum atomic E-state index is -0.961. The molecule has 4 rings (SSSR count). The zero-order chi connectivity index (χ0) is 26.0. The van der Waals surface area contributed by atoms with Crippen molar-refractivity contribution < 1.29 is 22.7 Å². The smallest absolute Gasteiger partial charge is 0.222 e. The van der Waals surface area contributed by atoms with Crippen LogP contribution in [-0.2, 0) is 4.79 Å². The predicted octanol–water partition coefficient (Wildman–Crippen LogP) is 5.44. The minimum Gasteiger partial charge on any atom is -0.478 e. The zero-order valence-electron chi connectivity index (χ0n) is 20.5. The highest BCUT2D eigenvalue weighted by atomic mass is 35.5. The molecule has 3 heterocycles. The maximum absolute atomic E-state index is 14.4. The van der Waals surface area contributed by atoms with Gasteiger partial charge < -0.3 is 24.7 Å². The number of carbonyl (C=O) groups excluding carboxylic acids is 1. The highest BCUT2D eigenvalue weighted by Gasteiger charge is 2.25. The van der Waals surface area contributed by atoms with Gasteiger partial charge in [0, 0.05) is 36.8 Å². The Morgan fingerprint density at radius 2 is 2.08 bits per heavy atom. The standard InChI is InChI=1S/C26H29ClF2N4O3/c1-15(22-19(28)6-7-20(29)23(22)27)36-25-24-17(13-31-26(25)30)18(14-35-24)16-8-11-33(12-9-16)21(34)5-4-10-32(2)3/h6-8,13-15H,4-5,9-12H2,1-3H3,(H2,30,31)/t15-/m1/s1. The van der Waals surface area contributed by atoms with E-state index in [0.717, 1.165) is 36.2 Å². The zero-order valence-corrected chi connectivity index (χ0v) is 21.2. The molecule has 1 aromatic carbocycles. The average Bonchev–Trinajstić information content (AvgIpc) is 3.27. The molecule has 0 aliphatic carbocycles. The summed E-state index contributed by atoms with van der Waals surface area (Å²) in [5, 5.41) is 0.323. The predicted molar refractivity (Wildman–Crippen MR) is 136 cm³/mol. The van der Waals surface area contributed by atoms with Crippen LogP contribution < -0.4 is 10.5 Å². The Kier molecular flexibility index (Phi) is 7.80. The topological polar surface area (TPSA) is 84.8 Å². The number of carbonyl (C=O) groups is 1. The molecule has 0 bridgehead atoms. The molecule has 7 nitrogen and oxygen atoms in total. The normalized spacial score (nSPS) is 14.9. The molecule has 2 aromatic heterocycles. The second-order valence-corrected chi connectivity index (χ2v) is 9.49. The molecule has 192 valence electrons. The summed E-state index contributed by atoms with van der Waals surface area (Å²) < 4.78 is 40.1. The van der Waals surface area contributed by atoms with Gasteiger partial charge in [0.1, 0.15) is 17.7 Å². The summed E-state index contributed by atoms with van der Waals surface area (Å²) >= 11 is 6.00. The summed E-state index contributed by atoms with van der Waals surface area (Å²) in [5.41, 5.74) is 8.13. The monoisotopic (exact) mass is 518 g/mol. The third-order valence-corrected chi connectivity index (χ3v) is 6.67. The number of ether oxygens (including phenoxy) is 1. The molecule has 1 aliphatic rings. The Hall–Kier alpha value is -3.17. The number of nitrogens with zero attached hydrogens (tertiary/aromatic N) is 3. The van der Waals surface area contributed by atoms with Crippen molar-refractivity contribution in [1.29, 1.82) is 0 Å². The first kappa shape index (κ1) is 25.9. The first-order chi connectivity index (χ1) is 17.2. The Morgan fingerprint density at radius 1 is 1.33 bits per heavy atom. The summed E-state index contributed by atoms with van der Waals surface area (Å²) in [6.07, 6.45) is 6.25. The first-order valence-corrected chi connectivity index (χ1v) is 12.1. The van der Waals surface area contributed by atoms with Crippen LogP contribution in [0.2, 0.25) is 5.02 Å². The highest BCUT2D eigenvalue weighted by molar-refractivity contribution is 6.31. The number of aromatic nitrogens is 1. The van der Waals surface area contributed by atoms with Crippen LogP contribution in [0.25, 0.3) is 16.5 Å². The van der Waals surface area contributed by atoms with E-state index in [1.807, 2.05) is 25.1 Å². The molecule has 36 heavy (non-hydrogen) atoms. The molecule has 0 radical (unpaired) electrons. The van der Waals surface area contributed by atoms with Crippen molar-refractivity contribution in [2.75, 3.05) is 39.5 Å². The lowest BCUT2D eigenvalue weighted by Gasteiger charge is -2.26. The molecule has 0 spiro atoms. The van der Waals surface area contributed by atoms with E-state index in [1.54, 1.807) is 19.4 Å². The third-order valence-electron chi connectivity index (χ3n) is 6.29. The summed E-state index contributed by atoms with van der Waals surface area (Å²) in [7, 11) is 3.98. The number of benzene rings is 1. The van der Waals surface area contributed by atoms with Crippen molar-refractivity contribution in [2.45, 2.75) is 32.3 Å². The van der Waals surface area contributed by atoms with Gasteiger partial charge >= 0.3 is 0 Å². The fraction of sp³-hybridized carbons (Fsp3) is 0.385. The molecule has 10 heteroatoms. The molecule has 0 fully saturated rings. The lowest BCUT2D eigenvalue weighted by molar-refractivity contribution is -0.130. The largest absolute Gasteiger partial charge is 0.478 e. The average molecular weight is 519 g/mol. The van der Waals surface area contributed by atoms with Gasteiger partial charge in [-0.05, 0) is 58.1 Å². The first-order valence-electron chi connectivity index (χ1n) is 11.7. The van der Waals surface area contributed by atoms with Crippen LogP contribution in [0, 0.1) is 11.6 Å². The second-order valence-electron chi connectivity index (χ2n) is 9.11. The summed E-state index contributed by atoms with van der Waals surface area (Å²) in [5.74, 6) is -1.12. The number of amides is 1. The van der Waals surface area contributed by atoms with Crippen molar-refractivity contribution in [1.82, 2.24) is 14.8 Å². The molecule has 3 aromatic rings. The highest BCUT2D eigenvalue weighted by Crippen LogP contribution is 2.40. The van der Waals surface area contributed by atoms with Crippen LogP contribution >= 0.6 is 11.6 Å². The van der Waals surface area contributed by atoms with Crippen molar-refractivity contribution in [3.63, 3.8) is 0 Å². The van der Waals surface area contributed by atoms with Gasteiger partial charge in [-0.25, -0.2) is 13.8 Å². The molecule has 1 aliphatic heterocycles. The Bertz CT molecular complexity index is 1310. The van der Waals surface area contributed by atoms with Crippen molar-refractivity contribution in [2.24, 2.45) is 0 Å². The van der Waals surface area contributed by atoms with Crippen LogP contribution in [0.3, 0.4) is 0 Å². The number of furan rings is 1. The van der Waals surface area contributed by atoms with Crippen LogP contribution in [0.15, 0.2) is 35.1 Å². The van der Waals surface area contributed by atoms with Crippen molar-refractivity contribution in [3.05, 3.63) is 58.5 Å². The lowest BCUT2D eigenvalue weighted by atomic mass is 9.99. The number of hydrogen-bond donors (Lipinski definition) is 1. The molecule has 2 N–H and O–H groups in total. The van der Waals surface area contributed by atoms with Crippen LogP contribution in [0.5, 0.6) is 5.75 Å². The number of halogens is 3. The van der Waals surface area contributed by atoms with E-state index >= 15 is 0 Å². The molecule has 1 atom stereocenters.